The van der Waals surface area contributed by atoms with Crippen LogP contribution in [0.4, 0.5) is 0 Å². The van der Waals surface area contributed by atoms with Gasteiger partial charge in [-0.3, -0.25) is 4.79 Å². The fraction of sp³-hybridized carbons (Fsp3) is 0.900. The molecule has 1 aliphatic carbocycles. The molecule has 3 heteroatoms. The molecule has 1 N–H and O–H groups in total. The first-order chi connectivity index (χ1) is 5.93. The summed E-state index contributed by atoms with van der Waals surface area (Å²) in [6.07, 6.45) is 2.27. The molecule has 0 radical (unpaired) electrons. The molecule has 3 nitrogen and oxygen atoms in total. The van der Waals surface area contributed by atoms with Crippen LogP contribution in [-0.4, -0.2) is 25.2 Å². The Morgan fingerprint density at radius 2 is 1.92 bits per heavy atom. The maximum absolute atomic E-state index is 11.5. The summed E-state index contributed by atoms with van der Waals surface area (Å²) >= 11 is 0. The first-order valence-corrected chi connectivity index (χ1v) is 4.77. The van der Waals surface area contributed by atoms with Crippen molar-refractivity contribution in [3.05, 3.63) is 0 Å². The Morgan fingerprint density at radius 1 is 1.38 bits per heavy atom. The molecule has 13 heavy (non-hydrogen) atoms. The van der Waals surface area contributed by atoms with Crippen molar-refractivity contribution in [1.29, 1.82) is 0 Å². The normalized spacial score (nSPS) is 28.0. The van der Waals surface area contributed by atoms with E-state index in [0.29, 0.717) is 12.1 Å². The van der Waals surface area contributed by atoms with Crippen molar-refractivity contribution in [2.24, 2.45) is 5.41 Å². The third-order valence-electron chi connectivity index (χ3n) is 2.44. The van der Waals surface area contributed by atoms with Gasteiger partial charge in [0, 0.05) is 18.6 Å². The number of amides is 1. The Hall–Kier alpha value is -0.570. The Kier molecular flexibility index (Phi) is 2.96. The van der Waals surface area contributed by atoms with Crippen molar-refractivity contribution < 1.29 is 9.53 Å². The zero-order valence-electron chi connectivity index (χ0n) is 8.89. The summed E-state index contributed by atoms with van der Waals surface area (Å²) in [6, 6.07) is 0.330. The first-order valence-electron chi connectivity index (χ1n) is 4.77. The molecule has 76 valence electrons. The summed E-state index contributed by atoms with van der Waals surface area (Å²) in [4.78, 5) is 11.5. The van der Waals surface area contributed by atoms with E-state index in [0.717, 1.165) is 12.8 Å². The van der Waals surface area contributed by atoms with Crippen molar-refractivity contribution in [2.75, 3.05) is 7.11 Å². The predicted molar refractivity (Wildman–Crippen MR) is 51.4 cm³/mol. The highest BCUT2D eigenvalue weighted by atomic mass is 16.5. The van der Waals surface area contributed by atoms with Gasteiger partial charge in [-0.1, -0.05) is 20.8 Å². The lowest BCUT2D eigenvalue weighted by molar-refractivity contribution is -0.130. The topological polar surface area (TPSA) is 38.3 Å². The van der Waals surface area contributed by atoms with E-state index in [1.165, 1.54) is 0 Å². The van der Waals surface area contributed by atoms with Gasteiger partial charge in [-0.05, 0) is 12.8 Å². The molecule has 0 unspecified atom stereocenters. The van der Waals surface area contributed by atoms with E-state index in [1.807, 2.05) is 20.8 Å². The first kappa shape index (κ1) is 10.5. The molecule has 0 saturated heterocycles. The van der Waals surface area contributed by atoms with Gasteiger partial charge < -0.3 is 10.1 Å². The van der Waals surface area contributed by atoms with Crippen LogP contribution in [0.1, 0.15) is 33.6 Å². The number of carbonyl (C=O) groups is 1. The quantitative estimate of drug-likeness (QED) is 0.704. The van der Waals surface area contributed by atoms with Crippen LogP contribution in [0.25, 0.3) is 0 Å². The average molecular weight is 185 g/mol. The molecule has 0 aliphatic heterocycles. The lowest BCUT2D eigenvalue weighted by Crippen LogP contribution is -2.50. The largest absolute Gasteiger partial charge is 0.381 e. The average Bonchev–Trinajstić information content (AvgIpc) is 1.93. The molecule has 1 saturated carbocycles. The highest BCUT2D eigenvalue weighted by molar-refractivity contribution is 5.81. The lowest BCUT2D eigenvalue weighted by Gasteiger charge is -2.36. The predicted octanol–water partition coefficient (Wildman–Crippen LogP) is 1.33. The van der Waals surface area contributed by atoms with Crippen molar-refractivity contribution in [1.82, 2.24) is 5.32 Å². The second-order valence-electron chi connectivity index (χ2n) is 4.75. The molecule has 1 fully saturated rings. The molecule has 0 atom stereocenters. The monoisotopic (exact) mass is 185 g/mol. The maximum Gasteiger partial charge on any atom is 0.225 e. The standard InChI is InChI=1S/C10H19NO2/c1-10(2,3)9(12)11-7-5-8(6-7)13-4/h7-8H,5-6H2,1-4H3,(H,11,12). The number of ether oxygens (including phenoxy) is 1. The molecular weight excluding hydrogens is 166 g/mol. The minimum atomic E-state index is -0.280. The van der Waals surface area contributed by atoms with E-state index in [1.54, 1.807) is 7.11 Å². The van der Waals surface area contributed by atoms with Crippen LogP contribution < -0.4 is 5.32 Å². The molecular formula is C10H19NO2. The molecule has 1 amide bonds. The van der Waals surface area contributed by atoms with Crippen molar-refractivity contribution in [3.63, 3.8) is 0 Å². The molecule has 0 aromatic heterocycles. The number of rotatable bonds is 2. The van der Waals surface area contributed by atoms with Crippen LogP contribution in [0.3, 0.4) is 0 Å². The number of carbonyl (C=O) groups excluding carboxylic acids is 1. The summed E-state index contributed by atoms with van der Waals surface area (Å²) in [5.74, 6) is 0.132. The summed E-state index contributed by atoms with van der Waals surface area (Å²) < 4.78 is 5.13. The molecule has 1 rings (SSSR count). The van der Waals surface area contributed by atoms with Crippen LogP contribution in [-0.2, 0) is 9.53 Å². The van der Waals surface area contributed by atoms with Crippen LogP contribution in [0.15, 0.2) is 0 Å². The van der Waals surface area contributed by atoms with Crippen LogP contribution >= 0.6 is 0 Å². The zero-order valence-corrected chi connectivity index (χ0v) is 8.89. The Balaban J connectivity index is 2.25. The van der Waals surface area contributed by atoms with E-state index in [9.17, 15) is 4.79 Å². The summed E-state index contributed by atoms with van der Waals surface area (Å²) in [5.41, 5.74) is -0.280. The van der Waals surface area contributed by atoms with Gasteiger partial charge in [0.2, 0.25) is 5.91 Å². The van der Waals surface area contributed by atoms with Gasteiger partial charge in [-0.15, -0.1) is 0 Å². The van der Waals surface area contributed by atoms with E-state index in [-0.39, 0.29) is 11.3 Å². The SMILES string of the molecule is COC1CC(NC(=O)C(C)(C)C)C1. The van der Waals surface area contributed by atoms with Gasteiger partial charge in [0.1, 0.15) is 0 Å². The summed E-state index contributed by atoms with van der Waals surface area (Å²) in [5, 5.41) is 3.00. The van der Waals surface area contributed by atoms with Gasteiger partial charge in [0.05, 0.1) is 6.10 Å². The van der Waals surface area contributed by atoms with Gasteiger partial charge in [0.15, 0.2) is 0 Å². The molecule has 0 aromatic rings. The summed E-state index contributed by atoms with van der Waals surface area (Å²) in [7, 11) is 1.71. The Morgan fingerprint density at radius 3 is 2.31 bits per heavy atom. The van der Waals surface area contributed by atoms with E-state index >= 15 is 0 Å². The molecule has 0 heterocycles. The highest BCUT2D eigenvalue weighted by Gasteiger charge is 2.32. The van der Waals surface area contributed by atoms with E-state index < -0.39 is 0 Å². The molecule has 1 aliphatic rings. The number of hydrogen-bond acceptors (Lipinski definition) is 2. The maximum atomic E-state index is 11.5. The van der Waals surface area contributed by atoms with Crippen LogP contribution in [0, 0.1) is 5.41 Å². The van der Waals surface area contributed by atoms with Crippen molar-refractivity contribution in [3.8, 4) is 0 Å². The van der Waals surface area contributed by atoms with Gasteiger partial charge in [-0.2, -0.15) is 0 Å². The zero-order chi connectivity index (χ0) is 10.1. The lowest BCUT2D eigenvalue weighted by atomic mass is 9.87. The molecule has 0 bridgehead atoms. The third kappa shape index (κ3) is 2.69. The van der Waals surface area contributed by atoms with Crippen molar-refractivity contribution in [2.45, 2.75) is 45.8 Å². The second kappa shape index (κ2) is 3.66. The van der Waals surface area contributed by atoms with Crippen LogP contribution in [0.5, 0.6) is 0 Å². The molecule has 0 spiro atoms. The van der Waals surface area contributed by atoms with Crippen LogP contribution in [0.2, 0.25) is 0 Å². The second-order valence-corrected chi connectivity index (χ2v) is 4.75. The van der Waals surface area contributed by atoms with Gasteiger partial charge >= 0.3 is 0 Å². The third-order valence-corrected chi connectivity index (χ3v) is 2.44. The van der Waals surface area contributed by atoms with E-state index in [2.05, 4.69) is 5.32 Å². The smallest absolute Gasteiger partial charge is 0.225 e. The highest BCUT2D eigenvalue weighted by Crippen LogP contribution is 2.24. The number of hydrogen-bond donors (Lipinski definition) is 1. The number of nitrogens with one attached hydrogen (secondary N) is 1. The summed E-state index contributed by atoms with van der Waals surface area (Å²) in [6.45, 7) is 5.78. The Bertz CT molecular complexity index is 190. The molecule has 0 aromatic carbocycles. The number of methoxy groups -OCH3 is 1. The minimum absolute atomic E-state index is 0.132. The van der Waals surface area contributed by atoms with Gasteiger partial charge in [-0.25, -0.2) is 0 Å². The fourth-order valence-electron chi connectivity index (χ4n) is 1.28. The Labute approximate surface area is 79.8 Å². The minimum Gasteiger partial charge on any atom is -0.381 e. The van der Waals surface area contributed by atoms with Gasteiger partial charge in [0.25, 0.3) is 0 Å². The van der Waals surface area contributed by atoms with E-state index in [4.69, 9.17) is 4.74 Å². The fourth-order valence-corrected chi connectivity index (χ4v) is 1.28. The van der Waals surface area contributed by atoms with Crippen molar-refractivity contribution >= 4 is 5.91 Å².